The molecule has 0 fully saturated rings. The van der Waals surface area contributed by atoms with Crippen molar-refractivity contribution in [3.05, 3.63) is 35.8 Å². The maximum Gasteiger partial charge on any atom is 0.354 e. The topological polar surface area (TPSA) is 78.4 Å². The highest BCUT2D eigenvalue weighted by molar-refractivity contribution is 5.86. The second kappa shape index (κ2) is 2.85. The summed E-state index contributed by atoms with van der Waals surface area (Å²) in [6, 6.07) is 5.03. The van der Waals surface area contributed by atoms with Crippen molar-refractivity contribution in [1.82, 2.24) is 9.38 Å². The molecule has 0 spiro atoms. The van der Waals surface area contributed by atoms with E-state index in [4.69, 9.17) is 10.4 Å². The molecule has 0 aliphatic carbocycles. The summed E-state index contributed by atoms with van der Waals surface area (Å²) >= 11 is 0. The van der Waals surface area contributed by atoms with E-state index in [0.29, 0.717) is 11.2 Å². The maximum atomic E-state index is 10.7. The summed E-state index contributed by atoms with van der Waals surface area (Å²) in [7, 11) is 0. The summed E-state index contributed by atoms with van der Waals surface area (Å²) in [5.74, 6) is -1.04. The number of imidazole rings is 1. The molecule has 2 aromatic heterocycles. The first-order valence-electron chi connectivity index (χ1n) is 3.83. The molecule has 0 saturated carbocycles. The van der Waals surface area contributed by atoms with Gasteiger partial charge in [-0.05, 0) is 12.1 Å². The van der Waals surface area contributed by atoms with E-state index in [2.05, 4.69) is 4.98 Å². The number of carboxylic acid groups (broad SMARTS) is 1. The van der Waals surface area contributed by atoms with E-state index in [9.17, 15) is 4.79 Å². The highest BCUT2D eigenvalue weighted by Gasteiger charge is 2.09. The molecule has 0 bridgehead atoms. The largest absolute Gasteiger partial charge is 0.477 e. The van der Waals surface area contributed by atoms with Crippen LogP contribution in [0.5, 0.6) is 0 Å². The third-order valence-electron chi connectivity index (χ3n) is 1.86. The summed E-state index contributed by atoms with van der Waals surface area (Å²) in [6.45, 7) is 0. The zero-order valence-corrected chi connectivity index (χ0v) is 7.01. The number of aromatic nitrogens is 2. The summed E-state index contributed by atoms with van der Waals surface area (Å²) < 4.78 is 1.42. The number of pyridine rings is 1. The molecule has 0 radical (unpaired) electrons. The highest BCUT2D eigenvalue weighted by Crippen LogP contribution is 2.08. The van der Waals surface area contributed by atoms with Gasteiger partial charge in [0.15, 0.2) is 5.69 Å². The molecule has 0 aromatic carbocycles. The Hall–Kier alpha value is -2.35. The summed E-state index contributed by atoms with van der Waals surface area (Å²) in [5.41, 5.74) is 1.01. The smallest absolute Gasteiger partial charge is 0.354 e. The summed E-state index contributed by atoms with van der Waals surface area (Å²) in [4.78, 5) is 14.6. The van der Waals surface area contributed by atoms with Crippen LogP contribution in [0, 0.1) is 11.3 Å². The Morgan fingerprint density at radius 2 is 2.43 bits per heavy atom. The number of hydrogen-bond acceptors (Lipinski definition) is 3. The van der Waals surface area contributed by atoms with E-state index < -0.39 is 5.97 Å². The number of nitriles is 1. The number of nitrogens with zero attached hydrogens (tertiary/aromatic N) is 3. The van der Waals surface area contributed by atoms with Crippen molar-refractivity contribution in [1.29, 1.82) is 5.26 Å². The van der Waals surface area contributed by atoms with Gasteiger partial charge in [0, 0.05) is 6.20 Å². The van der Waals surface area contributed by atoms with E-state index >= 15 is 0 Å². The Bertz CT molecular complexity index is 551. The average Bonchev–Trinajstić information content (AvgIpc) is 2.59. The molecular weight excluding hydrogens is 182 g/mol. The lowest BCUT2D eigenvalue weighted by Gasteiger charge is -1.95. The highest BCUT2D eigenvalue weighted by atomic mass is 16.4. The lowest BCUT2D eigenvalue weighted by atomic mass is 10.3. The third kappa shape index (κ3) is 1.10. The lowest BCUT2D eigenvalue weighted by molar-refractivity contribution is 0.0689. The molecule has 0 atom stereocenters. The summed E-state index contributed by atoms with van der Waals surface area (Å²) in [6.07, 6.45) is 2.78. The Labute approximate surface area is 78.8 Å². The molecule has 1 N–H and O–H groups in total. The van der Waals surface area contributed by atoms with Gasteiger partial charge in [0.25, 0.3) is 0 Å². The monoisotopic (exact) mass is 187 g/mol. The van der Waals surface area contributed by atoms with Crippen molar-refractivity contribution >= 4 is 11.6 Å². The van der Waals surface area contributed by atoms with Crippen LogP contribution < -0.4 is 0 Å². The molecule has 68 valence electrons. The van der Waals surface area contributed by atoms with Gasteiger partial charge < -0.3 is 5.11 Å². The number of fused-ring (bicyclic) bond motifs is 1. The van der Waals surface area contributed by atoms with Crippen molar-refractivity contribution in [3.8, 4) is 6.07 Å². The van der Waals surface area contributed by atoms with Crippen LogP contribution >= 0.6 is 0 Å². The number of aromatic carboxylic acids is 1. The quantitative estimate of drug-likeness (QED) is 0.719. The second-order valence-electron chi connectivity index (χ2n) is 2.70. The maximum absolute atomic E-state index is 10.7. The van der Waals surface area contributed by atoms with Crippen LogP contribution in [0.3, 0.4) is 0 Å². The lowest BCUT2D eigenvalue weighted by Crippen LogP contribution is -2.00. The van der Waals surface area contributed by atoms with Gasteiger partial charge >= 0.3 is 5.97 Å². The van der Waals surface area contributed by atoms with Gasteiger partial charge in [-0.2, -0.15) is 5.26 Å². The number of rotatable bonds is 1. The summed E-state index contributed by atoms with van der Waals surface area (Å²) in [5, 5.41) is 17.4. The first kappa shape index (κ1) is 8.26. The van der Waals surface area contributed by atoms with Gasteiger partial charge in [0.05, 0.1) is 17.8 Å². The standard InChI is InChI=1S/C9H5N3O2/c10-4-6-1-2-12-7(9(13)14)5-11-8(12)3-6/h1-3,5H,(H,13,14). The predicted molar refractivity (Wildman–Crippen MR) is 46.9 cm³/mol. The van der Waals surface area contributed by atoms with E-state index in [1.807, 2.05) is 6.07 Å². The Balaban J connectivity index is 2.73. The molecule has 0 aliphatic rings. The minimum Gasteiger partial charge on any atom is -0.477 e. The zero-order valence-electron chi connectivity index (χ0n) is 7.01. The Kier molecular flexibility index (Phi) is 1.68. The fourth-order valence-electron chi connectivity index (χ4n) is 1.21. The van der Waals surface area contributed by atoms with E-state index in [1.165, 1.54) is 22.9 Å². The SMILES string of the molecule is N#Cc1ccn2c(C(=O)O)cnc2c1. The average molecular weight is 187 g/mol. The molecule has 0 saturated heterocycles. The molecule has 0 amide bonds. The molecule has 0 aliphatic heterocycles. The van der Waals surface area contributed by atoms with Crippen molar-refractivity contribution in [2.75, 3.05) is 0 Å². The second-order valence-corrected chi connectivity index (χ2v) is 2.70. The van der Waals surface area contributed by atoms with Crippen LogP contribution in [0.25, 0.3) is 5.65 Å². The van der Waals surface area contributed by atoms with Crippen LogP contribution in [0.2, 0.25) is 0 Å². The van der Waals surface area contributed by atoms with Crippen molar-refractivity contribution in [2.45, 2.75) is 0 Å². The van der Waals surface area contributed by atoms with Crippen molar-refractivity contribution in [2.24, 2.45) is 0 Å². The van der Waals surface area contributed by atoms with Gasteiger partial charge in [0.2, 0.25) is 0 Å². The molecule has 5 nitrogen and oxygen atoms in total. The van der Waals surface area contributed by atoms with Crippen LogP contribution in [-0.4, -0.2) is 20.5 Å². The van der Waals surface area contributed by atoms with Crippen molar-refractivity contribution in [3.63, 3.8) is 0 Å². The minimum absolute atomic E-state index is 0.0875. The predicted octanol–water partition coefficient (Wildman–Crippen LogP) is 0.904. The Morgan fingerprint density at radius 1 is 1.64 bits per heavy atom. The molecular formula is C9H5N3O2. The molecule has 0 unspecified atom stereocenters. The molecule has 2 aromatic rings. The zero-order chi connectivity index (χ0) is 10.1. The molecule has 14 heavy (non-hydrogen) atoms. The third-order valence-corrected chi connectivity index (χ3v) is 1.86. The van der Waals surface area contributed by atoms with E-state index in [-0.39, 0.29) is 5.69 Å². The van der Waals surface area contributed by atoms with Crippen LogP contribution in [-0.2, 0) is 0 Å². The van der Waals surface area contributed by atoms with Crippen LogP contribution in [0.1, 0.15) is 16.1 Å². The number of carboxylic acids is 1. The van der Waals surface area contributed by atoms with Gasteiger partial charge in [-0.3, -0.25) is 4.40 Å². The van der Waals surface area contributed by atoms with Gasteiger partial charge in [-0.25, -0.2) is 9.78 Å². The van der Waals surface area contributed by atoms with Crippen LogP contribution in [0.4, 0.5) is 0 Å². The normalized spacial score (nSPS) is 9.93. The first-order valence-corrected chi connectivity index (χ1v) is 3.83. The number of hydrogen-bond donors (Lipinski definition) is 1. The Morgan fingerprint density at radius 3 is 3.07 bits per heavy atom. The molecule has 2 rings (SSSR count). The molecule has 2 heterocycles. The van der Waals surface area contributed by atoms with Crippen molar-refractivity contribution < 1.29 is 9.90 Å². The van der Waals surface area contributed by atoms with Gasteiger partial charge in [0.1, 0.15) is 5.65 Å². The minimum atomic E-state index is -1.04. The van der Waals surface area contributed by atoms with E-state index in [0.717, 1.165) is 0 Å². The van der Waals surface area contributed by atoms with Gasteiger partial charge in [-0.1, -0.05) is 0 Å². The fraction of sp³-hybridized carbons (Fsp3) is 0. The van der Waals surface area contributed by atoms with Crippen LogP contribution in [0.15, 0.2) is 24.5 Å². The van der Waals surface area contributed by atoms with Gasteiger partial charge in [-0.15, -0.1) is 0 Å². The molecule has 5 heteroatoms. The number of carbonyl (C=O) groups is 1. The van der Waals surface area contributed by atoms with E-state index in [1.54, 1.807) is 6.07 Å². The first-order chi connectivity index (χ1) is 6.72. The fourth-order valence-corrected chi connectivity index (χ4v) is 1.21.